The zero-order valence-electron chi connectivity index (χ0n) is 18.1. The number of halogens is 2. The van der Waals surface area contributed by atoms with Crippen molar-refractivity contribution in [1.82, 2.24) is 0 Å². The molecule has 3 rings (SSSR count). The van der Waals surface area contributed by atoms with Gasteiger partial charge in [-0.1, -0.05) is 67.4 Å². The maximum absolute atomic E-state index is 14.7. The SMILES string of the molecule is CCCC=CCCc1ccc(C2CC=C(c3ccc(OCC)c(Cl)c3F)CC2)cc1. The number of hydrogen-bond donors (Lipinski definition) is 0. The Labute approximate surface area is 185 Å². The molecule has 1 nitrogen and oxygen atoms in total. The van der Waals surface area contributed by atoms with Gasteiger partial charge in [-0.25, -0.2) is 4.39 Å². The summed E-state index contributed by atoms with van der Waals surface area (Å²) in [6, 6.07) is 12.6. The molecule has 0 fully saturated rings. The van der Waals surface area contributed by atoms with Crippen LogP contribution in [-0.4, -0.2) is 6.61 Å². The van der Waals surface area contributed by atoms with Crippen molar-refractivity contribution in [2.45, 2.75) is 64.7 Å². The highest BCUT2D eigenvalue weighted by Crippen LogP contribution is 2.39. The van der Waals surface area contributed by atoms with E-state index in [4.69, 9.17) is 16.3 Å². The third kappa shape index (κ3) is 5.76. The predicted molar refractivity (Wildman–Crippen MR) is 126 cm³/mol. The average Bonchev–Trinajstić information content (AvgIpc) is 2.78. The van der Waals surface area contributed by atoms with Crippen molar-refractivity contribution in [3.63, 3.8) is 0 Å². The summed E-state index contributed by atoms with van der Waals surface area (Å²) in [4.78, 5) is 0. The highest BCUT2D eigenvalue weighted by molar-refractivity contribution is 6.32. The monoisotopic (exact) mass is 426 g/mol. The first-order valence-corrected chi connectivity index (χ1v) is 11.6. The third-order valence-electron chi connectivity index (χ3n) is 5.78. The van der Waals surface area contributed by atoms with Gasteiger partial charge in [-0.2, -0.15) is 0 Å². The molecule has 0 heterocycles. The number of unbranched alkanes of at least 4 members (excludes halogenated alkanes) is 1. The molecule has 0 radical (unpaired) electrons. The third-order valence-corrected chi connectivity index (χ3v) is 6.13. The molecule has 1 unspecified atom stereocenters. The number of allylic oxidation sites excluding steroid dienone is 4. The van der Waals surface area contributed by atoms with Crippen LogP contribution in [0.3, 0.4) is 0 Å². The van der Waals surface area contributed by atoms with E-state index in [9.17, 15) is 4.39 Å². The Morgan fingerprint density at radius 3 is 2.50 bits per heavy atom. The van der Waals surface area contributed by atoms with Crippen LogP contribution in [0.2, 0.25) is 5.02 Å². The first-order chi connectivity index (χ1) is 14.6. The second-order valence-electron chi connectivity index (χ2n) is 7.91. The molecule has 160 valence electrons. The zero-order valence-corrected chi connectivity index (χ0v) is 18.9. The molecule has 2 aromatic carbocycles. The molecule has 2 aromatic rings. The molecule has 1 aliphatic carbocycles. The number of rotatable bonds is 9. The molecule has 0 aliphatic heterocycles. The number of aryl methyl sites for hydroxylation is 1. The van der Waals surface area contributed by atoms with E-state index >= 15 is 0 Å². The summed E-state index contributed by atoms with van der Waals surface area (Å²) in [5.41, 5.74) is 4.41. The van der Waals surface area contributed by atoms with Crippen LogP contribution in [0, 0.1) is 5.82 Å². The maximum atomic E-state index is 14.7. The molecular formula is C27H32ClFO. The van der Waals surface area contributed by atoms with Crippen LogP contribution in [-0.2, 0) is 6.42 Å². The highest BCUT2D eigenvalue weighted by atomic mass is 35.5. The fourth-order valence-electron chi connectivity index (χ4n) is 4.04. The molecule has 3 heteroatoms. The van der Waals surface area contributed by atoms with Gasteiger partial charge in [-0.15, -0.1) is 0 Å². The van der Waals surface area contributed by atoms with E-state index in [1.54, 1.807) is 12.1 Å². The minimum atomic E-state index is -0.371. The van der Waals surface area contributed by atoms with E-state index in [1.165, 1.54) is 24.0 Å². The van der Waals surface area contributed by atoms with Gasteiger partial charge in [0.15, 0.2) is 5.82 Å². The standard InChI is InChI=1S/C27H32ClFO/c1-3-5-6-7-8-9-20-10-12-21(13-11-20)22-14-16-23(17-15-22)24-18-19-25(30-4-2)26(28)27(24)29/h6-7,10-13,16,18-19,22H,3-5,8-9,14-15,17H2,1-2H3. The Kier molecular flexibility index (Phi) is 8.57. The minimum Gasteiger partial charge on any atom is -0.492 e. The van der Waals surface area contributed by atoms with Gasteiger partial charge in [0.2, 0.25) is 0 Å². The largest absolute Gasteiger partial charge is 0.492 e. The average molecular weight is 427 g/mol. The molecule has 0 amide bonds. The van der Waals surface area contributed by atoms with Crippen molar-refractivity contribution < 1.29 is 9.13 Å². The van der Waals surface area contributed by atoms with Crippen molar-refractivity contribution in [2.75, 3.05) is 6.61 Å². The summed E-state index contributed by atoms with van der Waals surface area (Å²) >= 11 is 6.17. The van der Waals surface area contributed by atoms with Gasteiger partial charge in [-0.3, -0.25) is 0 Å². The molecule has 0 aromatic heterocycles. The van der Waals surface area contributed by atoms with E-state index in [1.807, 2.05) is 6.92 Å². The summed E-state index contributed by atoms with van der Waals surface area (Å²) < 4.78 is 20.1. The van der Waals surface area contributed by atoms with Gasteiger partial charge in [0.05, 0.1) is 6.61 Å². The summed E-state index contributed by atoms with van der Waals surface area (Å²) in [6.07, 6.45) is 14.1. The Hall–Kier alpha value is -2.06. The van der Waals surface area contributed by atoms with Crippen LogP contribution < -0.4 is 4.74 Å². The van der Waals surface area contributed by atoms with Crippen molar-refractivity contribution in [2.24, 2.45) is 0 Å². The van der Waals surface area contributed by atoms with Gasteiger partial charge in [0, 0.05) is 5.56 Å². The molecule has 0 saturated heterocycles. The zero-order chi connectivity index (χ0) is 21.3. The van der Waals surface area contributed by atoms with Gasteiger partial charge >= 0.3 is 0 Å². The molecule has 0 bridgehead atoms. The van der Waals surface area contributed by atoms with Crippen molar-refractivity contribution >= 4 is 17.2 Å². The lowest BCUT2D eigenvalue weighted by molar-refractivity contribution is 0.338. The predicted octanol–water partition coefficient (Wildman–Crippen LogP) is 8.52. The van der Waals surface area contributed by atoms with Gasteiger partial charge in [0.25, 0.3) is 0 Å². The maximum Gasteiger partial charge on any atom is 0.153 e. The summed E-state index contributed by atoms with van der Waals surface area (Å²) in [6.45, 7) is 4.54. The number of hydrogen-bond acceptors (Lipinski definition) is 1. The van der Waals surface area contributed by atoms with E-state index in [0.29, 0.717) is 23.8 Å². The Morgan fingerprint density at radius 2 is 1.83 bits per heavy atom. The molecule has 1 atom stereocenters. The quantitative estimate of drug-likeness (QED) is 0.365. The number of benzene rings is 2. The molecule has 30 heavy (non-hydrogen) atoms. The van der Waals surface area contributed by atoms with Crippen LogP contribution in [0.4, 0.5) is 4.39 Å². The fourth-order valence-corrected chi connectivity index (χ4v) is 4.26. The lowest BCUT2D eigenvalue weighted by atomic mass is 9.82. The summed E-state index contributed by atoms with van der Waals surface area (Å²) in [5.74, 6) is 0.536. The van der Waals surface area contributed by atoms with Crippen molar-refractivity contribution in [3.8, 4) is 5.75 Å². The van der Waals surface area contributed by atoms with Crippen LogP contribution in [0.25, 0.3) is 5.57 Å². The van der Waals surface area contributed by atoms with Crippen LogP contribution in [0.15, 0.2) is 54.6 Å². The molecule has 1 aliphatic rings. The van der Waals surface area contributed by atoms with Crippen LogP contribution in [0.1, 0.15) is 75.0 Å². The van der Waals surface area contributed by atoms with Crippen LogP contribution >= 0.6 is 11.6 Å². The minimum absolute atomic E-state index is 0.0810. The fraction of sp³-hybridized carbons (Fsp3) is 0.407. The highest BCUT2D eigenvalue weighted by Gasteiger charge is 2.21. The topological polar surface area (TPSA) is 9.23 Å². The van der Waals surface area contributed by atoms with Crippen molar-refractivity contribution in [3.05, 3.63) is 82.2 Å². The molecular weight excluding hydrogens is 395 g/mol. The first kappa shape index (κ1) is 22.6. The Balaban J connectivity index is 1.61. The second-order valence-corrected chi connectivity index (χ2v) is 8.29. The van der Waals surface area contributed by atoms with Crippen molar-refractivity contribution in [1.29, 1.82) is 0 Å². The summed E-state index contributed by atoms with van der Waals surface area (Å²) in [5, 5.41) is 0.0810. The molecule has 0 saturated carbocycles. The number of ether oxygens (including phenoxy) is 1. The normalized spacial score (nSPS) is 16.7. The van der Waals surface area contributed by atoms with E-state index in [0.717, 1.165) is 37.7 Å². The smallest absolute Gasteiger partial charge is 0.153 e. The Morgan fingerprint density at radius 1 is 1.07 bits per heavy atom. The first-order valence-electron chi connectivity index (χ1n) is 11.2. The lowest BCUT2D eigenvalue weighted by Crippen LogP contribution is -2.05. The second kappa shape index (κ2) is 11.4. The van der Waals surface area contributed by atoms with E-state index in [-0.39, 0.29) is 10.8 Å². The van der Waals surface area contributed by atoms with E-state index in [2.05, 4.69) is 49.4 Å². The lowest BCUT2D eigenvalue weighted by Gasteiger charge is -2.23. The van der Waals surface area contributed by atoms with E-state index < -0.39 is 0 Å². The molecule has 0 N–H and O–H groups in total. The van der Waals surface area contributed by atoms with Gasteiger partial charge < -0.3 is 4.74 Å². The Bertz CT molecular complexity index is 882. The molecule has 0 spiro atoms. The summed E-state index contributed by atoms with van der Waals surface area (Å²) in [7, 11) is 0. The van der Waals surface area contributed by atoms with Crippen LogP contribution in [0.5, 0.6) is 5.75 Å². The van der Waals surface area contributed by atoms with Gasteiger partial charge in [-0.05, 0) is 80.2 Å². The van der Waals surface area contributed by atoms with Gasteiger partial charge in [0.1, 0.15) is 10.8 Å².